The molecule has 3 rings (SSSR count). The number of rotatable bonds is 7. The third-order valence-electron chi connectivity index (χ3n) is 5.72. The second-order valence-corrected chi connectivity index (χ2v) is 10.7. The molecule has 1 aromatic carbocycles. The van der Waals surface area contributed by atoms with E-state index in [0.29, 0.717) is 36.8 Å². The number of nitrogens with one attached hydrogen (secondary N) is 1. The van der Waals surface area contributed by atoms with E-state index in [2.05, 4.69) is 12.2 Å². The Labute approximate surface area is 188 Å². The highest BCUT2D eigenvalue weighted by atomic mass is 35.5. The van der Waals surface area contributed by atoms with Gasteiger partial charge >= 0.3 is 0 Å². The Bertz CT molecular complexity index is 999. The van der Waals surface area contributed by atoms with Crippen LogP contribution in [0.15, 0.2) is 47.1 Å². The molecule has 0 spiro atoms. The summed E-state index contributed by atoms with van der Waals surface area (Å²) >= 11 is 6.14. The first-order valence-corrected chi connectivity index (χ1v) is 12.1. The van der Waals surface area contributed by atoms with Crippen molar-refractivity contribution in [1.82, 2.24) is 5.32 Å². The van der Waals surface area contributed by atoms with Crippen molar-refractivity contribution < 1.29 is 22.7 Å². The van der Waals surface area contributed by atoms with Crippen LogP contribution in [0.3, 0.4) is 0 Å². The van der Waals surface area contributed by atoms with Gasteiger partial charge in [-0.05, 0) is 50.0 Å². The molecule has 1 amide bonds. The van der Waals surface area contributed by atoms with Gasteiger partial charge in [0, 0.05) is 23.7 Å². The standard InChI is InChI=1S/C22H29ClN2O5S/c1-21(9-11-29-12-10-21)15-30-18-7-8-22(2,14-19(18)31(24,27)28)25-20(26)13-16-5-3-4-6-17(16)23/h3-7,14H,8-13,15H2,1-2H3,(H,25,26)(H2,24,27,28). The molecule has 0 bridgehead atoms. The van der Waals surface area contributed by atoms with Gasteiger partial charge in [0.1, 0.15) is 10.7 Å². The second kappa shape index (κ2) is 9.32. The molecule has 7 nitrogen and oxygen atoms in total. The molecule has 1 unspecified atom stereocenters. The number of carbonyl (C=O) groups is 1. The van der Waals surface area contributed by atoms with Crippen molar-refractivity contribution in [3.63, 3.8) is 0 Å². The maximum Gasteiger partial charge on any atom is 0.241 e. The molecule has 0 radical (unpaired) electrons. The van der Waals surface area contributed by atoms with Gasteiger partial charge in [0.2, 0.25) is 15.9 Å². The highest BCUT2D eigenvalue weighted by Gasteiger charge is 2.35. The lowest BCUT2D eigenvalue weighted by molar-refractivity contribution is -0.121. The molecule has 0 saturated carbocycles. The Morgan fingerprint density at radius 1 is 1.26 bits per heavy atom. The molecule has 1 atom stereocenters. The lowest BCUT2D eigenvalue weighted by Crippen LogP contribution is -2.47. The number of nitrogens with two attached hydrogens (primary N) is 1. The number of halogens is 1. The minimum atomic E-state index is -4.05. The van der Waals surface area contributed by atoms with Crippen molar-refractivity contribution in [3.05, 3.63) is 57.7 Å². The van der Waals surface area contributed by atoms with E-state index in [4.69, 9.17) is 26.2 Å². The zero-order valence-electron chi connectivity index (χ0n) is 17.8. The molecule has 0 aromatic heterocycles. The Balaban J connectivity index is 1.72. The maximum atomic E-state index is 12.6. The minimum Gasteiger partial charge on any atom is -0.492 e. The molecule has 170 valence electrons. The van der Waals surface area contributed by atoms with Crippen LogP contribution in [0.5, 0.6) is 0 Å². The third-order valence-corrected chi connectivity index (χ3v) is 7.02. The van der Waals surface area contributed by atoms with Gasteiger partial charge in [0.25, 0.3) is 0 Å². The summed E-state index contributed by atoms with van der Waals surface area (Å²) < 4.78 is 35.9. The monoisotopic (exact) mass is 468 g/mol. The van der Waals surface area contributed by atoms with E-state index in [1.807, 2.05) is 0 Å². The molecule has 1 aliphatic carbocycles. The van der Waals surface area contributed by atoms with E-state index < -0.39 is 15.6 Å². The van der Waals surface area contributed by atoms with Crippen LogP contribution in [0.2, 0.25) is 5.02 Å². The quantitative estimate of drug-likeness (QED) is 0.639. The molecule has 31 heavy (non-hydrogen) atoms. The number of sulfonamides is 1. The summed E-state index contributed by atoms with van der Waals surface area (Å²) in [6.45, 7) is 5.53. The van der Waals surface area contributed by atoms with Gasteiger partial charge in [-0.25, -0.2) is 13.6 Å². The van der Waals surface area contributed by atoms with Gasteiger partial charge < -0.3 is 14.8 Å². The topological polar surface area (TPSA) is 108 Å². The average molecular weight is 469 g/mol. The molecule has 1 aromatic rings. The van der Waals surface area contributed by atoms with E-state index in [0.717, 1.165) is 12.8 Å². The van der Waals surface area contributed by atoms with Crippen molar-refractivity contribution in [2.45, 2.75) is 45.1 Å². The fraction of sp³-hybridized carbons (Fsp3) is 0.500. The summed E-state index contributed by atoms with van der Waals surface area (Å²) in [4.78, 5) is 12.5. The van der Waals surface area contributed by atoms with E-state index in [9.17, 15) is 13.2 Å². The smallest absolute Gasteiger partial charge is 0.241 e. The largest absolute Gasteiger partial charge is 0.492 e. The Kier molecular flexibility index (Phi) is 7.15. The first-order valence-electron chi connectivity index (χ1n) is 10.2. The molecule has 1 heterocycles. The third kappa shape index (κ3) is 6.32. The Morgan fingerprint density at radius 2 is 1.94 bits per heavy atom. The van der Waals surface area contributed by atoms with Crippen molar-refractivity contribution in [1.29, 1.82) is 0 Å². The van der Waals surface area contributed by atoms with Crippen molar-refractivity contribution >= 4 is 27.5 Å². The van der Waals surface area contributed by atoms with Crippen LogP contribution in [0.25, 0.3) is 0 Å². The number of benzene rings is 1. The lowest BCUT2D eigenvalue weighted by atomic mass is 9.83. The van der Waals surface area contributed by atoms with Crippen LogP contribution in [-0.4, -0.2) is 39.7 Å². The molecule has 1 saturated heterocycles. The first-order chi connectivity index (χ1) is 14.5. The van der Waals surface area contributed by atoms with Crippen LogP contribution < -0.4 is 10.5 Å². The zero-order valence-corrected chi connectivity index (χ0v) is 19.4. The molecule has 3 N–H and O–H groups in total. The van der Waals surface area contributed by atoms with E-state index in [1.54, 1.807) is 37.3 Å². The summed E-state index contributed by atoms with van der Waals surface area (Å²) in [5.74, 6) is -0.0406. The molecular formula is C22H29ClN2O5S. The maximum absolute atomic E-state index is 12.6. The highest BCUT2D eigenvalue weighted by Crippen LogP contribution is 2.34. The SMILES string of the molecule is CC1(COC2=CCC(C)(NC(=O)Cc3ccccc3Cl)C=C2S(N)(=O)=O)CCOCC1. The van der Waals surface area contributed by atoms with Gasteiger partial charge in [0.15, 0.2) is 0 Å². The van der Waals surface area contributed by atoms with Crippen LogP contribution >= 0.6 is 11.6 Å². The molecule has 9 heteroatoms. The van der Waals surface area contributed by atoms with Crippen molar-refractivity contribution in [2.24, 2.45) is 10.6 Å². The predicted octanol–water partition coefficient (Wildman–Crippen LogP) is 3.05. The average Bonchev–Trinajstić information content (AvgIpc) is 2.68. The van der Waals surface area contributed by atoms with E-state index in [-0.39, 0.29) is 28.4 Å². The number of carbonyl (C=O) groups excluding carboxylic acids is 1. The molecular weight excluding hydrogens is 440 g/mol. The van der Waals surface area contributed by atoms with E-state index >= 15 is 0 Å². The predicted molar refractivity (Wildman–Crippen MR) is 120 cm³/mol. The first kappa shape index (κ1) is 23.8. The molecule has 1 aliphatic heterocycles. The van der Waals surface area contributed by atoms with Gasteiger partial charge in [-0.15, -0.1) is 0 Å². The van der Waals surface area contributed by atoms with Gasteiger partial charge in [-0.2, -0.15) is 0 Å². The van der Waals surface area contributed by atoms with Crippen molar-refractivity contribution in [3.8, 4) is 0 Å². The summed E-state index contributed by atoms with van der Waals surface area (Å²) in [7, 11) is -4.05. The van der Waals surface area contributed by atoms with Crippen LogP contribution in [0.4, 0.5) is 0 Å². The number of ether oxygens (including phenoxy) is 2. The fourth-order valence-electron chi connectivity index (χ4n) is 3.70. The Morgan fingerprint density at radius 3 is 2.58 bits per heavy atom. The minimum absolute atomic E-state index is 0.0846. The summed E-state index contributed by atoms with van der Waals surface area (Å²) in [5, 5.41) is 8.87. The number of primary sulfonamides is 1. The highest BCUT2D eigenvalue weighted by molar-refractivity contribution is 7.93. The zero-order chi connectivity index (χ0) is 22.7. The van der Waals surface area contributed by atoms with Crippen LogP contribution in [-0.2, 0) is 30.7 Å². The molecule has 2 aliphatic rings. The van der Waals surface area contributed by atoms with E-state index in [1.165, 1.54) is 6.08 Å². The fourth-order valence-corrected chi connectivity index (χ4v) is 4.75. The van der Waals surface area contributed by atoms with Crippen LogP contribution in [0, 0.1) is 5.41 Å². The normalized spacial score (nSPS) is 23.5. The summed E-state index contributed by atoms with van der Waals surface area (Å²) in [5.41, 5.74) is -0.317. The summed E-state index contributed by atoms with van der Waals surface area (Å²) in [6.07, 6.45) is 5.28. The number of hydrogen-bond donors (Lipinski definition) is 2. The second-order valence-electron chi connectivity index (χ2n) is 8.77. The number of amides is 1. The van der Waals surface area contributed by atoms with Crippen molar-refractivity contribution in [2.75, 3.05) is 19.8 Å². The number of hydrogen-bond acceptors (Lipinski definition) is 5. The lowest BCUT2D eigenvalue weighted by Gasteiger charge is -2.35. The Hall–Kier alpha value is -1.87. The van der Waals surface area contributed by atoms with Gasteiger partial charge in [0.05, 0.1) is 18.6 Å². The molecule has 1 fully saturated rings. The van der Waals surface area contributed by atoms with Gasteiger partial charge in [-0.1, -0.05) is 36.7 Å². The summed E-state index contributed by atoms with van der Waals surface area (Å²) in [6, 6.07) is 7.10. The van der Waals surface area contributed by atoms with Gasteiger partial charge in [-0.3, -0.25) is 4.79 Å². The van der Waals surface area contributed by atoms with Crippen LogP contribution in [0.1, 0.15) is 38.7 Å².